The highest BCUT2D eigenvalue weighted by molar-refractivity contribution is 6.06. The molecule has 0 fully saturated rings. The summed E-state index contributed by atoms with van der Waals surface area (Å²) < 4.78 is 44.6. The number of rotatable bonds is 7. The van der Waals surface area contributed by atoms with Crippen LogP contribution in [-0.4, -0.2) is 19.6 Å². The SMILES string of the molecule is CCOc1c(/C(C)=C/C(=O)Nc2ccc(F)cc2F)cc2c(-c3ccccc3OC)coc2c1C. The van der Waals surface area contributed by atoms with Crippen LogP contribution in [0, 0.1) is 18.6 Å². The molecule has 3 aromatic carbocycles. The number of aryl methyl sites for hydroxylation is 1. The molecule has 4 rings (SSSR count). The Morgan fingerprint density at radius 2 is 1.89 bits per heavy atom. The number of methoxy groups -OCH3 is 1. The van der Waals surface area contributed by atoms with Gasteiger partial charge in [-0.05, 0) is 50.6 Å². The number of benzene rings is 3. The molecule has 0 spiro atoms. The molecule has 0 saturated carbocycles. The first-order valence-electron chi connectivity index (χ1n) is 11.1. The number of halogens is 2. The third-order valence-electron chi connectivity index (χ3n) is 5.69. The fourth-order valence-electron chi connectivity index (χ4n) is 4.05. The fourth-order valence-corrected chi connectivity index (χ4v) is 4.05. The quantitative estimate of drug-likeness (QED) is 0.288. The molecule has 1 amide bonds. The van der Waals surface area contributed by atoms with Gasteiger partial charge in [-0.25, -0.2) is 8.78 Å². The zero-order chi connectivity index (χ0) is 25.1. The minimum atomic E-state index is -0.850. The van der Waals surface area contributed by atoms with Gasteiger partial charge >= 0.3 is 0 Å². The van der Waals surface area contributed by atoms with Crippen molar-refractivity contribution in [2.75, 3.05) is 19.0 Å². The average molecular weight is 478 g/mol. The van der Waals surface area contributed by atoms with Crippen LogP contribution in [0.5, 0.6) is 11.5 Å². The Hall–Kier alpha value is -4.13. The first-order chi connectivity index (χ1) is 16.8. The van der Waals surface area contributed by atoms with Crippen LogP contribution in [0.25, 0.3) is 27.7 Å². The zero-order valence-corrected chi connectivity index (χ0v) is 19.9. The Morgan fingerprint density at radius 3 is 2.60 bits per heavy atom. The van der Waals surface area contributed by atoms with E-state index in [9.17, 15) is 13.6 Å². The van der Waals surface area contributed by atoms with Gasteiger partial charge in [-0.2, -0.15) is 0 Å². The maximum atomic E-state index is 14.0. The van der Waals surface area contributed by atoms with Gasteiger partial charge in [-0.15, -0.1) is 0 Å². The second kappa shape index (κ2) is 10.0. The van der Waals surface area contributed by atoms with Gasteiger partial charge in [0.15, 0.2) is 0 Å². The summed E-state index contributed by atoms with van der Waals surface area (Å²) in [7, 11) is 1.61. The molecule has 0 aliphatic rings. The van der Waals surface area contributed by atoms with Crippen LogP contribution in [0.2, 0.25) is 0 Å². The molecule has 0 bridgehead atoms. The Labute approximate surface area is 202 Å². The molecule has 1 aromatic heterocycles. The summed E-state index contributed by atoms with van der Waals surface area (Å²) >= 11 is 0. The van der Waals surface area contributed by atoms with E-state index in [4.69, 9.17) is 13.9 Å². The third kappa shape index (κ3) is 4.75. The molecule has 1 heterocycles. The van der Waals surface area contributed by atoms with E-state index in [2.05, 4.69) is 5.32 Å². The first-order valence-corrected chi connectivity index (χ1v) is 11.1. The number of amides is 1. The number of fused-ring (bicyclic) bond motifs is 1. The van der Waals surface area contributed by atoms with Crippen molar-refractivity contribution < 1.29 is 27.5 Å². The first kappa shape index (κ1) is 24.0. The van der Waals surface area contributed by atoms with Crippen LogP contribution in [0.15, 0.2) is 65.3 Å². The van der Waals surface area contributed by atoms with E-state index in [-0.39, 0.29) is 5.69 Å². The third-order valence-corrected chi connectivity index (χ3v) is 5.69. The lowest BCUT2D eigenvalue weighted by Gasteiger charge is -2.15. The predicted molar refractivity (Wildman–Crippen MR) is 133 cm³/mol. The lowest BCUT2D eigenvalue weighted by atomic mass is 9.96. The molecule has 1 N–H and O–H groups in total. The Balaban J connectivity index is 1.80. The van der Waals surface area contributed by atoms with Crippen LogP contribution < -0.4 is 14.8 Å². The van der Waals surface area contributed by atoms with Gasteiger partial charge in [0.1, 0.15) is 28.7 Å². The van der Waals surface area contributed by atoms with Crippen molar-refractivity contribution in [1.29, 1.82) is 0 Å². The number of ether oxygens (including phenoxy) is 2. The number of furan rings is 1. The van der Waals surface area contributed by atoms with Gasteiger partial charge in [-0.3, -0.25) is 4.79 Å². The number of para-hydroxylation sites is 1. The molecule has 180 valence electrons. The molecule has 0 radical (unpaired) electrons. The lowest BCUT2D eigenvalue weighted by molar-refractivity contribution is -0.111. The average Bonchev–Trinajstić information content (AvgIpc) is 3.26. The molecule has 0 atom stereocenters. The highest BCUT2D eigenvalue weighted by Crippen LogP contribution is 2.42. The van der Waals surface area contributed by atoms with Crippen molar-refractivity contribution >= 4 is 28.1 Å². The van der Waals surface area contributed by atoms with Gasteiger partial charge in [0.05, 0.1) is 25.7 Å². The highest BCUT2D eigenvalue weighted by Gasteiger charge is 2.20. The highest BCUT2D eigenvalue weighted by atomic mass is 19.1. The minimum Gasteiger partial charge on any atom is -0.496 e. The van der Waals surface area contributed by atoms with Gasteiger partial charge in [0.2, 0.25) is 5.91 Å². The molecular formula is C28H25F2NO4. The normalized spacial score (nSPS) is 11.5. The van der Waals surface area contributed by atoms with Crippen LogP contribution in [0.3, 0.4) is 0 Å². The van der Waals surface area contributed by atoms with Crippen molar-refractivity contribution in [2.45, 2.75) is 20.8 Å². The summed E-state index contributed by atoms with van der Waals surface area (Å²) in [6.07, 6.45) is 3.03. The van der Waals surface area contributed by atoms with Crippen molar-refractivity contribution in [3.63, 3.8) is 0 Å². The van der Waals surface area contributed by atoms with Gasteiger partial charge in [-0.1, -0.05) is 18.2 Å². The Kier molecular flexibility index (Phi) is 6.87. The van der Waals surface area contributed by atoms with E-state index in [0.717, 1.165) is 34.2 Å². The van der Waals surface area contributed by atoms with Crippen LogP contribution in [0.1, 0.15) is 25.0 Å². The van der Waals surface area contributed by atoms with E-state index in [1.54, 1.807) is 20.3 Å². The molecule has 5 nitrogen and oxygen atoms in total. The molecule has 35 heavy (non-hydrogen) atoms. The number of hydrogen-bond donors (Lipinski definition) is 1. The topological polar surface area (TPSA) is 60.7 Å². The van der Waals surface area contributed by atoms with Gasteiger partial charge in [0, 0.05) is 39.8 Å². The van der Waals surface area contributed by atoms with Crippen LogP contribution in [0.4, 0.5) is 14.5 Å². The molecule has 0 aliphatic heterocycles. The zero-order valence-electron chi connectivity index (χ0n) is 19.9. The second-order valence-corrected chi connectivity index (χ2v) is 7.98. The standard InChI is InChI=1S/C28H25F2NO4/c1-5-34-27-17(3)28-21(22(15-35-28)19-8-6-7-9-25(19)33-4)14-20(27)16(2)12-26(32)31-24-11-10-18(29)13-23(24)30/h6-15H,5H2,1-4H3,(H,31,32)/b16-12+. The fraction of sp³-hybridized carbons (Fsp3) is 0.179. The van der Waals surface area contributed by atoms with Crippen LogP contribution >= 0.6 is 0 Å². The van der Waals surface area contributed by atoms with Crippen LogP contribution in [-0.2, 0) is 4.79 Å². The van der Waals surface area contributed by atoms with E-state index in [1.807, 2.05) is 44.2 Å². The number of carbonyl (C=O) groups is 1. The van der Waals surface area contributed by atoms with Crippen molar-refractivity contribution in [3.05, 3.63) is 83.6 Å². The van der Waals surface area contributed by atoms with E-state index >= 15 is 0 Å². The van der Waals surface area contributed by atoms with Crippen molar-refractivity contribution in [1.82, 2.24) is 0 Å². The van der Waals surface area contributed by atoms with E-state index in [0.29, 0.717) is 34.8 Å². The summed E-state index contributed by atoms with van der Waals surface area (Å²) in [5.41, 5.74) is 4.37. The summed E-state index contributed by atoms with van der Waals surface area (Å²) in [5.74, 6) is -0.822. The summed E-state index contributed by atoms with van der Waals surface area (Å²) in [4.78, 5) is 12.6. The van der Waals surface area contributed by atoms with Gasteiger partial charge < -0.3 is 19.2 Å². The number of anilines is 1. The summed E-state index contributed by atoms with van der Waals surface area (Å²) in [5, 5.41) is 3.29. The molecule has 0 unspecified atom stereocenters. The maximum absolute atomic E-state index is 14.0. The molecule has 7 heteroatoms. The summed E-state index contributed by atoms with van der Waals surface area (Å²) in [6.45, 7) is 5.96. The van der Waals surface area contributed by atoms with Gasteiger partial charge in [0.25, 0.3) is 0 Å². The number of nitrogens with one attached hydrogen (secondary N) is 1. The Morgan fingerprint density at radius 1 is 1.11 bits per heavy atom. The smallest absolute Gasteiger partial charge is 0.248 e. The molecule has 0 saturated heterocycles. The molecular weight excluding hydrogens is 452 g/mol. The maximum Gasteiger partial charge on any atom is 0.248 e. The number of allylic oxidation sites excluding steroid dienone is 1. The summed E-state index contributed by atoms with van der Waals surface area (Å²) in [6, 6.07) is 12.5. The predicted octanol–water partition coefficient (Wildman–Crippen LogP) is 7.14. The lowest BCUT2D eigenvalue weighted by Crippen LogP contribution is -2.10. The number of hydrogen-bond acceptors (Lipinski definition) is 4. The molecule has 4 aromatic rings. The van der Waals surface area contributed by atoms with E-state index in [1.165, 1.54) is 12.1 Å². The van der Waals surface area contributed by atoms with Crippen molar-refractivity contribution in [2.24, 2.45) is 0 Å². The second-order valence-electron chi connectivity index (χ2n) is 7.98. The number of carbonyl (C=O) groups excluding carboxylic acids is 1. The molecule has 0 aliphatic carbocycles. The van der Waals surface area contributed by atoms with E-state index < -0.39 is 17.5 Å². The Bertz CT molecular complexity index is 1440. The van der Waals surface area contributed by atoms with Crippen molar-refractivity contribution in [3.8, 4) is 22.6 Å². The largest absolute Gasteiger partial charge is 0.496 e. The minimum absolute atomic E-state index is 0.106. The monoisotopic (exact) mass is 477 g/mol.